The zero-order chi connectivity index (χ0) is 13.4. The Balaban J connectivity index is 2.60. The summed E-state index contributed by atoms with van der Waals surface area (Å²) < 4.78 is 0. The van der Waals surface area contributed by atoms with Crippen LogP contribution in [0.15, 0.2) is 24.3 Å². The Morgan fingerprint density at radius 1 is 1.39 bits per heavy atom. The largest absolute Gasteiger partial charge is 0.508 e. The highest BCUT2D eigenvalue weighted by Crippen LogP contribution is 2.12. The minimum absolute atomic E-state index is 0.0690. The zero-order valence-corrected chi connectivity index (χ0v) is 10.9. The van der Waals surface area contributed by atoms with Crippen LogP contribution < -0.4 is 5.73 Å². The Labute approximate surface area is 108 Å². The Bertz CT molecular complexity index is 380. The number of unbranched alkanes of at least 4 members (excludes halogenated alkanes) is 1. The number of benzene rings is 1. The number of phenols is 1. The lowest BCUT2D eigenvalue weighted by atomic mass is 10.1. The van der Waals surface area contributed by atoms with Crippen LogP contribution in [0.25, 0.3) is 0 Å². The van der Waals surface area contributed by atoms with Gasteiger partial charge in [-0.2, -0.15) is 0 Å². The van der Waals surface area contributed by atoms with E-state index in [0.29, 0.717) is 19.5 Å². The first-order valence-corrected chi connectivity index (χ1v) is 6.43. The Hall–Kier alpha value is -1.55. The third-order valence-electron chi connectivity index (χ3n) is 2.80. The minimum Gasteiger partial charge on any atom is -0.508 e. The summed E-state index contributed by atoms with van der Waals surface area (Å²) in [5, 5.41) is 9.36. The van der Waals surface area contributed by atoms with Gasteiger partial charge in [-0.3, -0.25) is 4.79 Å². The van der Waals surface area contributed by atoms with Gasteiger partial charge >= 0.3 is 0 Å². The van der Waals surface area contributed by atoms with Crippen LogP contribution in [0.3, 0.4) is 0 Å². The van der Waals surface area contributed by atoms with Crippen molar-refractivity contribution >= 4 is 5.91 Å². The predicted octanol–water partition coefficient (Wildman–Crippen LogP) is 1.52. The molecular weight excluding hydrogens is 228 g/mol. The molecule has 100 valence electrons. The number of aromatic hydroxyl groups is 1. The second-order valence-corrected chi connectivity index (χ2v) is 4.37. The lowest BCUT2D eigenvalue weighted by molar-refractivity contribution is -0.130. The number of carbonyl (C=O) groups excluding carboxylic acids is 1. The van der Waals surface area contributed by atoms with Crippen LogP contribution in [0.2, 0.25) is 0 Å². The molecule has 0 saturated carbocycles. The number of phenolic OH excluding ortho intramolecular Hbond substituents is 1. The topological polar surface area (TPSA) is 66.6 Å². The van der Waals surface area contributed by atoms with Gasteiger partial charge in [0.2, 0.25) is 5.91 Å². The van der Waals surface area contributed by atoms with Crippen molar-refractivity contribution in [2.75, 3.05) is 19.6 Å². The molecule has 0 fully saturated rings. The molecule has 0 bridgehead atoms. The number of hydrogen-bond acceptors (Lipinski definition) is 3. The van der Waals surface area contributed by atoms with Crippen molar-refractivity contribution in [3.05, 3.63) is 29.8 Å². The maximum Gasteiger partial charge on any atom is 0.227 e. The Kier molecular flexibility index (Phi) is 6.22. The van der Waals surface area contributed by atoms with E-state index in [-0.39, 0.29) is 11.7 Å². The monoisotopic (exact) mass is 250 g/mol. The number of rotatable bonds is 7. The molecule has 0 unspecified atom stereocenters. The van der Waals surface area contributed by atoms with Crippen molar-refractivity contribution in [3.63, 3.8) is 0 Å². The number of hydrogen-bond donors (Lipinski definition) is 2. The molecule has 0 radical (unpaired) electrons. The van der Waals surface area contributed by atoms with E-state index in [2.05, 4.69) is 6.92 Å². The molecule has 0 aliphatic carbocycles. The summed E-state index contributed by atoms with van der Waals surface area (Å²) in [6, 6.07) is 6.82. The third-order valence-corrected chi connectivity index (χ3v) is 2.80. The molecule has 0 spiro atoms. The van der Waals surface area contributed by atoms with E-state index >= 15 is 0 Å². The number of amides is 1. The van der Waals surface area contributed by atoms with Crippen molar-refractivity contribution in [2.45, 2.75) is 26.2 Å². The molecule has 0 aliphatic rings. The van der Waals surface area contributed by atoms with Crippen LogP contribution in [-0.2, 0) is 11.2 Å². The van der Waals surface area contributed by atoms with Crippen molar-refractivity contribution < 1.29 is 9.90 Å². The summed E-state index contributed by atoms with van der Waals surface area (Å²) in [5.74, 6) is 0.263. The SMILES string of the molecule is CCCCN(CCN)C(=O)Cc1cccc(O)c1. The Morgan fingerprint density at radius 3 is 2.78 bits per heavy atom. The smallest absolute Gasteiger partial charge is 0.227 e. The van der Waals surface area contributed by atoms with Crippen LogP contribution in [0.4, 0.5) is 0 Å². The maximum absolute atomic E-state index is 12.1. The number of nitrogens with two attached hydrogens (primary N) is 1. The number of nitrogens with zero attached hydrogens (tertiary/aromatic N) is 1. The third kappa shape index (κ3) is 4.75. The first kappa shape index (κ1) is 14.5. The highest BCUT2D eigenvalue weighted by atomic mass is 16.3. The molecule has 0 aliphatic heterocycles. The fourth-order valence-corrected chi connectivity index (χ4v) is 1.82. The van der Waals surface area contributed by atoms with Crippen molar-refractivity contribution in [3.8, 4) is 5.75 Å². The standard InChI is InChI=1S/C14H22N2O2/c1-2-3-8-16(9-7-15)14(18)11-12-5-4-6-13(17)10-12/h4-6,10,17H,2-3,7-9,11,15H2,1H3. The van der Waals surface area contributed by atoms with Gasteiger partial charge in [0, 0.05) is 19.6 Å². The average Bonchev–Trinajstić information content (AvgIpc) is 2.34. The molecule has 4 nitrogen and oxygen atoms in total. The zero-order valence-electron chi connectivity index (χ0n) is 10.9. The highest BCUT2D eigenvalue weighted by Gasteiger charge is 2.12. The first-order valence-electron chi connectivity index (χ1n) is 6.43. The van der Waals surface area contributed by atoms with E-state index < -0.39 is 0 Å². The Morgan fingerprint density at radius 2 is 2.17 bits per heavy atom. The molecule has 0 atom stereocenters. The lowest BCUT2D eigenvalue weighted by Crippen LogP contribution is -2.37. The molecule has 1 aromatic carbocycles. The summed E-state index contributed by atoms with van der Waals surface area (Å²) in [6.07, 6.45) is 2.37. The maximum atomic E-state index is 12.1. The van der Waals surface area contributed by atoms with E-state index in [9.17, 15) is 9.90 Å². The van der Waals surface area contributed by atoms with Gasteiger partial charge in [0.1, 0.15) is 5.75 Å². The molecule has 18 heavy (non-hydrogen) atoms. The molecule has 1 aromatic rings. The summed E-state index contributed by atoms with van der Waals surface area (Å²) in [5.41, 5.74) is 6.35. The molecule has 0 aromatic heterocycles. The van der Waals surface area contributed by atoms with Crippen LogP contribution in [0.1, 0.15) is 25.3 Å². The second kappa shape index (κ2) is 7.71. The van der Waals surface area contributed by atoms with Gasteiger partial charge in [0.15, 0.2) is 0 Å². The average molecular weight is 250 g/mol. The van der Waals surface area contributed by atoms with Crippen LogP contribution in [-0.4, -0.2) is 35.5 Å². The summed E-state index contributed by atoms with van der Waals surface area (Å²) in [7, 11) is 0. The van der Waals surface area contributed by atoms with Crippen molar-refractivity contribution in [2.24, 2.45) is 5.73 Å². The predicted molar refractivity (Wildman–Crippen MR) is 72.4 cm³/mol. The van der Waals surface area contributed by atoms with Crippen molar-refractivity contribution in [1.82, 2.24) is 4.90 Å². The summed E-state index contributed by atoms with van der Waals surface area (Å²) in [6.45, 7) is 3.93. The number of carbonyl (C=O) groups is 1. The molecular formula is C14H22N2O2. The van der Waals surface area contributed by atoms with Gasteiger partial charge in [-0.1, -0.05) is 25.5 Å². The molecule has 4 heteroatoms. The lowest BCUT2D eigenvalue weighted by Gasteiger charge is -2.21. The first-order chi connectivity index (χ1) is 8.67. The van der Waals surface area contributed by atoms with Gasteiger partial charge in [0.05, 0.1) is 6.42 Å². The molecule has 0 saturated heterocycles. The van der Waals surface area contributed by atoms with Crippen LogP contribution >= 0.6 is 0 Å². The summed E-state index contributed by atoms with van der Waals surface area (Å²) in [4.78, 5) is 13.9. The molecule has 0 heterocycles. The van der Waals surface area contributed by atoms with E-state index in [1.807, 2.05) is 6.07 Å². The van der Waals surface area contributed by atoms with Gasteiger partial charge < -0.3 is 15.7 Å². The highest BCUT2D eigenvalue weighted by molar-refractivity contribution is 5.78. The van der Waals surface area contributed by atoms with E-state index in [0.717, 1.165) is 24.9 Å². The fourth-order valence-electron chi connectivity index (χ4n) is 1.82. The van der Waals surface area contributed by atoms with E-state index in [1.54, 1.807) is 23.1 Å². The van der Waals surface area contributed by atoms with Gasteiger partial charge in [-0.25, -0.2) is 0 Å². The van der Waals surface area contributed by atoms with Crippen LogP contribution in [0, 0.1) is 0 Å². The van der Waals surface area contributed by atoms with Crippen molar-refractivity contribution in [1.29, 1.82) is 0 Å². The van der Waals surface area contributed by atoms with Gasteiger partial charge in [-0.05, 0) is 24.1 Å². The minimum atomic E-state index is 0.0690. The molecule has 1 amide bonds. The van der Waals surface area contributed by atoms with Gasteiger partial charge in [-0.15, -0.1) is 0 Å². The van der Waals surface area contributed by atoms with Crippen LogP contribution in [0.5, 0.6) is 5.75 Å². The van der Waals surface area contributed by atoms with E-state index in [4.69, 9.17) is 5.73 Å². The quantitative estimate of drug-likeness (QED) is 0.771. The molecule has 1 rings (SSSR count). The second-order valence-electron chi connectivity index (χ2n) is 4.37. The van der Waals surface area contributed by atoms with E-state index in [1.165, 1.54) is 0 Å². The summed E-state index contributed by atoms with van der Waals surface area (Å²) >= 11 is 0. The normalized spacial score (nSPS) is 10.3. The van der Waals surface area contributed by atoms with Gasteiger partial charge in [0.25, 0.3) is 0 Å². The molecule has 3 N–H and O–H groups in total. The fraction of sp³-hybridized carbons (Fsp3) is 0.500.